The van der Waals surface area contributed by atoms with Crippen LogP contribution in [0, 0.1) is 5.82 Å². The zero-order valence-corrected chi connectivity index (χ0v) is 10.4. The summed E-state index contributed by atoms with van der Waals surface area (Å²) in [4.78, 5) is -0.575. The second-order valence-electron chi connectivity index (χ2n) is 3.28. The highest BCUT2D eigenvalue weighted by Gasteiger charge is 2.19. The number of hydrogen-bond donors (Lipinski definition) is 2. The van der Waals surface area contributed by atoms with Gasteiger partial charge in [0.1, 0.15) is 5.82 Å². The van der Waals surface area contributed by atoms with Crippen LogP contribution in [0.25, 0.3) is 0 Å². The minimum Gasteiger partial charge on any atom is -0.392 e. The molecule has 0 unspecified atom stereocenters. The highest BCUT2D eigenvalue weighted by atomic mass is 35.5. The first-order chi connectivity index (χ1) is 8.27. The summed E-state index contributed by atoms with van der Waals surface area (Å²) in [5.74, 6) is -1.05. The molecule has 4 nitrogen and oxygen atoms in total. The minimum atomic E-state index is -4.27. The number of hydrogen-bond acceptors (Lipinski definition) is 3. The van der Waals surface area contributed by atoms with Crippen LogP contribution in [0.5, 0.6) is 0 Å². The number of sulfonamides is 1. The molecule has 9 heteroatoms. The smallest absolute Gasteiger partial charge is 0.251 e. The molecule has 0 aliphatic carbocycles. The lowest BCUT2D eigenvalue weighted by molar-refractivity contribution is 0.153. The standard InChI is InChI=1S/C9H9ClF3NO3S/c10-9-5(4-15)1-6(2-7(9)11)18(16,17)14-3-8(12)13/h1-2,8,14-15H,3-4H2. The summed E-state index contributed by atoms with van der Waals surface area (Å²) in [6.45, 7) is -1.75. The van der Waals surface area contributed by atoms with E-state index in [9.17, 15) is 21.6 Å². The lowest BCUT2D eigenvalue weighted by atomic mass is 10.2. The molecule has 0 bridgehead atoms. The van der Waals surface area contributed by atoms with E-state index in [1.54, 1.807) is 4.72 Å². The Hall–Kier alpha value is -0.830. The van der Waals surface area contributed by atoms with E-state index in [0.717, 1.165) is 6.07 Å². The lowest BCUT2D eigenvalue weighted by Gasteiger charge is -2.09. The van der Waals surface area contributed by atoms with Crippen LogP contribution in [0.15, 0.2) is 17.0 Å². The van der Waals surface area contributed by atoms with Crippen molar-refractivity contribution in [3.8, 4) is 0 Å². The van der Waals surface area contributed by atoms with Crippen molar-refractivity contribution in [1.82, 2.24) is 4.72 Å². The van der Waals surface area contributed by atoms with Crippen LogP contribution in [0.4, 0.5) is 13.2 Å². The quantitative estimate of drug-likeness (QED) is 0.866. The number of rotatable bonds is 5. The molecule has 1 rings (SSSR count). The fourth-order valence-corrected chi connectivity index (χ4v) is 2.38. The molecule has 0 aliphatic rings. The normalized spacial score (nSPS) is 12.1. The van der Waals surface area contributed by atoms with Crippen molar-refractivity contribution in [1.29, 1.82) is 0 Å². The fraction of sp³-hybridized carbons (Fsp3) is 0.333. The summed E-state index contributed by atoms with van der Waals surface area (Å²) in [7, 11) is -4.27. The maximum absolute atomic E-state index is 13.3. The molecule has 0 heterocycles. The Balaban J connectivity index is 3.13. The average molecular weight is 304 g/mol. The molecule has 0 radical (unpaired) electrons. The third kappa shape index (κ3) is 3.58. The molecule has 0 atom stereocenters. The van der Waals surface area contributed by atoms with Crippen LogP contribution in [0.2, 0.25) is 5.02 Å². The zero-order valence-electron chi connectivity index (χ0n) is 8.83. The van der Waals surface area contributed by atoms with Gasteiger partial charge < -0.3 is 5.11 Å². The maximum atomic E-state index is 13.3. The topological polar surface area (TPSA) is 66.4 Å². The Bertz CT molecular complexity index is 536. The second kappa shape index (κ2) is 5.87. The largest absolute Gasteiger partial charge is 0.392 e. The molecule has 0 aromatic heterocycles. The number of alkyl halides is 2. The number of halogens is 4. The molecule has 0 aliphatic heterocycles. The van der Waals surface area contributed by atoms with E-state index in [1.807, 2.05) is 0 Å². The Morgan fingerprint density at radius 2 is 2.00 bits per heavy atom. The Labute approximate surface area is 106 Å². The van der Waals surface area contributed by atoms with Crippen molar-refractivity contribution in [3.63, 3.8) is 0 Å². The van der Waals surface area contributed by atoms with Gasteiger partial charge in [-0.15, -0.1) is 0 Å². The van der Waals surface area contributed by atoms with Crippen LogP contribution in [0.1, 0.15) is 5.56 Å². The summed E-state index contributed by atoms with van der Waals surface area (Å²) in [5.41, 5.74) is -0.144. The van der Waals surface area contributed by atoms with Gasteiger partial charge in [0.2, 0.25) is 10.0 Å². The zero-order chi connectivity index (χ0) is 13.9. The van der Waals surface area contributed by atoms with Crippen molar-refractivity contribution in [2.75, 3.05) is 6.54 Å². The molecule has 0 spiro atoms. The van der Waals surface area contributed by atoms with Gasteiger partial charge in [-0.1, -0.05) is 11.6 Å². The van der Waals surface area contributed by atoms with E-state index in [4.69, 9.17) is 16.7 Å². The lowest BCUT2D eigenvalue weighted by Crippen LogP contribution is -2.28. The summed E-state index contributed by atoms with van der Waals surface area (Å²) >= 11 is 5.47. The van der Waals surface area contributed by atoms with Gasteiger partial charge in [-0.25, -0.2) is 26.3 Å². The Kier molecular flexibility index (Phi) is 4.97. The molecule has 0 saturated heterocycles. The van der Waals surface area contributed by atoms with Gasteiger partial charge >= 0.3 is 0 Å². The first-order valence-corrected chi connectivity index (χ1v) is 6.50. The van der Waals surface area contributed by atoms with Crippen molar-refractivity contribution < 1.29 is 26.7 Å². The first-order valence-electron chi connectivity index (χ1n) is 4.64. The molecule has 0 fully saturated rings. The number of aliphatic hydroxyl groups is 1. The monoisotopic (exact) mass is 303 g/mol. The Morgan fingerprint density at radius 3 is 2.50 bits per heavy atom. The molecule has 0 saturated carbocycles. The van der Waals surface area contributed by atoms with Gasteiger partial charge in [-0.2, -0.15) is 0 Å². The average Bonchev–Trinajstić information content (AvgIpc) is 2.30. The molecule has 1 aromatic rings. The van der Waals surface area contributed by atoms with Crippen LogP contribution in [0.3, 0.4) is 0 Å². The highest BCUT2D eigenvalue weighted by molar-refractivity contribution is 7.89. The van der Waals surface area contributed by atoms with E-state index in [2.05, 4.69) is 0 Å². The summed E-state index contributed by atoms with van der Waals surface area (Å²) in [6.07, 6.45) is -2.87. The number of nitrogens with one attached hydrogen (secondary N) is 1. The maximum Gasteiger partial charge on any atom is 0.251 e. The molecule has 0 amide bonds. The summed E-state index contributed by atoms with van der Waals surface area (Å²) in [5, 5.41) is 8.45. The van der Waals surface area contributed by atoms with E-state index in [-0.39, 0.29) is 5.56 Å². The van der Waals surface area contributed by atoms with Crippen molar-refractivity contribution >= 4 is 21.6 Å². The van der Waals surface area contributed by atoms with Crippen LogP contribution in [-0.2, 0) is 16.6 Å². The highest BCUT2D eigenvalue weighted by Crippen LogP contribution is 2.24. The van der Waals surface area contributed by atoms with Crippen LogP contribution < -0.4 is 4.72 Å². The molecular weight excluding hydrogens is 295 g/mol. The molecule has 18 heavy (non-hydrogen) atoms. The van der Waals surface area contributed by atoms with Crippen LogP contribution >= 0.6 is 11.6 Å². The summed E-state index contributed by atoms with van der Waals surface area (Å²) < 4.78 is 61.8. The molecule has 1 aromatic carbocycles. The SMILES string of the molecule is O=S(=O)(NCC(F)F)c1cc(F)c(Cl)c(CO)c1. The van der Waals surface area contributed by atoms with Gasteiger partial charge in [0.15, 0.2) is 0 Å². The predicted molar refractivity (Wildman–Crippen MR) is 58.5 cm³/mol. The third-order valence-electron chi connectivity index (χ3n) is 1.99. The van der Waals surface area contributed by atoms with Gasteiger partial charge in [0.25, 0.3) is 6.43 Å². The first kappa shape index (κ1) is 15.2. The van der Waals surface area contributed by atoms with E-state index in [1.165, 1.54) is 0 Å². The minimum absolute atomic E-state index is 0.144. The number of benzene rings is 1. The van der Waals surface area contributed by atoms with Crippen LogP contribution in [-0.4, -0.2) is 26.5 Å². The van der Waals surface area contributed by atoms with Gasteiger partial charge in [0.05, 0.1) is 23.1 Å². The van der Waals surface area contributed by atoms with Crippen molar-refractivity contribution in [2.45, 2.75) is 17.9 Å². The third-order valence-corrected chi connectivity index (χ3v) is 3.81. The molecule has 102 valence electrons. The van der Waals surface area contributed by atoms with Gasteiger partial charge in [-0.05, 0) is 12.1 Å². The molecular formula is C9H9ClF3NO3S. The Morgan fingerprint density at radius 1 is 1.39 bits per heavy atom. The summed E-state index contributed by atoms with van der Waals surface area (Å²) in [6, 6.07) is 1.51. The number of aliphatic hydroxyl groups excluding tert-OH is 1. The van der Waals surface area contributed by atoms with Gasteiger partial charge in [0, 0.05) is 5.56 Å². The predicted octanol–water partition coefficient (Wildman–Crippen LogP) is 1.51. The van der Waals surface area contributed by atoms with E-state index >= 15 is 0 Å². The fourth-order valence-electron chi connectivity index (χ4n) is 1.14. The van der Waals surface area contributed by atoms with Crippen molar-refractivity contribution in [3.05, 3.63) is 28.5 Å². The van der Waals surface area contributed by atoms with Crippen molar-refractivity contribution in [2.24, 2.45) is 0 Å². The van der Waals surface area contributed by atoms with E-state index < -0.39 is 45.3 Å². The van der Waals surface area contributed by atoms with Gasteiger partial charge in [-0.3, -0.25) is 0 Å². The van der Waals surface area contributed by atoms with E-state index in [0.29, 0.717) is 6.07 Å². The second-order valence-corrected chi connectivity index (χ2v) is 5.42. The molecule has 2 N–H and O–H groups in total.